The SMILES string of the molecule is CCCN(CCCCN1CCN(S(=O)(=O)c2ccccc2)CC1=O)C1CCc2ccc(OC)cc2C1. The molecule has 0 N–H and O–H groups in total. The molecule has 0 radical (unpaired) electrons. The number of hydrogen-bond donors (Lipinski definition) is 0. The van der Waals surface area contributed by atoms with Crippen molar-refractivity contribution in [2.24, 2.45) is 0 Å². The number of nitrogens with zero attached hydrogens (tertiary/aromatic N) is 3. The maximum absolute atomic E-state index is 12.8. The third-order valence-electron chi connectivity index (χ3n) is 7.43. The smallest absolute Gasteiger partial charge is 0.243 e. The Hall–Kier alpha value is -2.42. The second-order valence-electron chi connectivity index (χ2n) is 9.81. The molecule has 196 valence electrons. The van der Waals surface area contributed by atoms with Crippen LogP contribution in [0.5, 0.6) is 5.75 Å². The Balaban J connectivity index is 1.25. The van der Waals surface area contributed by atoms with E-state index in [0.29, 0.717) is 25.7 Å². The molecule has 1 unspecified atom stereocenters. The summed E-state index contributed by atoms with van der Waals surface area (Å²) in [6.45, 7) is 5.73. The van der Waals surface area contributed by atoms with Gasteiger partial charge in [0.2, 0.25) is 15.9 Å². The highest BCUT2D eigenvalue weighted by atomic mass is 32.2. The summed E-state index contributed by atoms with van der Waals surface area (Å²) in [5.74, 6) is 0.821. The first-order valence-electron chi connectivity index (χ1n) is 13.1. The summed E-state index contributed by atoms with van der Waals surface area (Å²) in [6.07, 6.45) is 6.41. The van der Waals surface area contributed by atoms with Crippen LogP contribution in [0.25, 0.3) is 0 Å². The Morgan fingerprint density at radius 2 is 1.83 bits per heavy atom. The standard InChI is InChI=1S/C28H39N3O4S/c1-3-15-29(25-13-11-23-12-14-26(35-2)21-24(23)20-25)16-7-8-17-30-18-19-31(22-28(30)32)36(33,34)27-9-5-4-6-10-27/h4-6,9-10,12,14,21,25H,3,7-8,11,13,15-20,22H2,1-2H3. The van der Waals surface area contributed by atoms with E-state index in [-0.39, 0.29) is 17.3 Å². The molecule has 0 aromatic heterocycles. The van der Waals surface area contributed by atoms with E-state index in [1.807, 2.05) is 4.90 Å². The molecule has 8 heteroatoms. The molecule has 0 saturated carbocycles. The summed E-state index contributed by atoms with van der Waals surface area (Å²) in [6, 6.07) is 15.3. The summed E-state index contributed by atoms with van der Waals surface area (Å²) in [4.78, 5) is 17.4. The molecule has 1 heterocycles. The molecule has 36 heavy (non-hydrogen) atoms. The Kier molecular flexibility index (Phi) is 9.04. The average Bonchev–Trinajstić information content (AvgIpc) is 2.90. The molecule has 1 fully saturated rings. The number of carbonyl (C=O) groups excluding carboxylic acids is 1. The number of piperazine rings is 1. The van der Waals surface area contributed by atoms with E-state index in [4.69, 9.17) is 4.74 Å². The van der Waals surface area contributed by atoms with Crippen LogP contribution in [0.2, 0.25) is 0 Å². The lowest BCUT2D eigenvalue weighted by Crippen LogP contribution is -2.52. The Labute approximate surface area is 216 Å². The zero-order valence-electron chi connectivity index (χ0n) is 21.6. The summed E-state index contributed by atoms with van der Waals surface area (Å²) >= 11 is 0. The first kappa shape index (κ1) is 26.6. The van der Waals surface area contributed by atoms with Crippen molar-refractivity contribution in [3.8, 4) is 5.75 Å². The molecule has 2 aromatic carbocycles. The van der Waals surface area contributed by atoms with Gasteiger partial charge in [0, 0.05) is 25.7 Å². The normalized spacial score (nSPS) is 18.9. The minimum Gasteiger partial charge on any atom is -0.497 e. The number of benzene rings is 2. The Morgan fingerprint density at radius 1 is 1.03 bits per heavy atom. The summed E-state index contributed by atoms with van der Waals surface area (Å²) in [5.41, 5.74) is 2.84. The monoisotopic (exact) mass is 513 g/mol. The number of carbonyl (C=O) groups is 1. The zero-order chi connectivity index (χ0) is 25.5. The number of rotatable bonds is 11. The van der Waals surface area contributed by atoms with Gasteiger partial charge in [0.1, 0.15) is 5.75 Å². The number of methoxy groups -OCH3 is 1. The minimum atomic E-state index is -3.63. The van der Waals surface area contributed by atoms with Crippen molar-refractivity contribution in [3.05, 3.63) is 59.7 Å². The molecule has 2 aromatic rings. The highest BCUT2D eigenvalue weighted by Gasteiger charge is 2.32. The first-order chi connectivity index (χ1) is 17.4. The Bertz CT molecular complexity index is 1120. The number of unbranched alkanes of at least 4 members (excludes halogenated alkanes) is 1. The highest BCUT2D eigenvalue weighted by Crippen LogP contribution is 2.28. The van der Waals surface area contributed by atoms with Crippen LogP contribution in [-0.2, 0) is 27.7 Å². The van der Waals surface area contributed by atoms with E-state index < -0.39 is 10.0 Å². The van der Waals surface area contributed by atoms with Crippen LogP contribution in [0, 0.1) is 0 Å². The van der Waals surface area contributed by atoms with Crippen LogP contribution >= 0.6 is 0 Å². The third-order valence-corrected chi connectivity index (χ3v) is 9.29. The lowest BCUT2D eigenvalue weighted by Gasteiger charge is -2.36. The second-order valence-corrected chi connectivity index (χ2v) is 11.7. The van der Waals surface area contributed by atoms with E-state index >= 15 is 0 Å². The molecule has 4 rings (SSSR count). The summed E-state index contributed by atoms with van der Waals surface area (Å²) in [5, 5.41) is 0. The fourth-order valence-electron chi connectivity index (χ4n) is 5.40. The molecule has 0 bridgehead atoms. The second kappa shape index (κ2) is 12.2. The maximum atomic E-state index is 12.8. The maximum Gasteiger partial charge on any atom is 0.243 e. The van der Waals surface area contributed by atoms with Crippen molar-refractivity contribution in [1.29, 1.82) is 0 Å². The van der Waals surface area contributed by atoms with Gasteiger partial charge in [-0.15, -0.1) is 0 Å². The van der Waals surface area contributed by atoms with Crippen LogP contribution in [0.4, 0.5) is 0 Å². The van der Waals surface area contributed by atoms with Crippen LogP contribution in [-0.4, -0.2) is 80.9 Å². The molecule has 1 atom stereocenters. The first-order valence-corrected chi connectivity index (χ1v) is 14.6. The van der Waals surface area contributed by atoms with Gasteiger partial charge in [-0.25, -0.2) is 8.42 Å². The molecule has 1 amide bonds. The highest BCUT2D eigenvalue weighted by molar-refractivity contribution is 7.89. The number of sulfonamides is 1. The minimum absolute atomic E-state index is 0.0792. The fourth-order valence-corrected chi connectivity index (χ4v) is 6.81. The van der Waals surface area contributed by atoms with Crippen molar-refractivity contribution in [1.82, 2.24) is 14.1 Å². The van der Waals surface area contributed by atoms with E-state index in [1.165, 1.54) is 21.9 Å². The zero-order valence-corrected chi connectivity index (χ0v) is 22.4. The van der Waals surface area contributed by atoms with Crippen molar-refractivity contribution in [2.75, 3.05) is 46.4 Å². The lowest BCUT2D eigenvalue weighted by molar-refractivity contribution is -0.134. The van der Waals surface area contributed by atoms with Crippen LogP contribution in [0.3, 0.4) is 0 Å². The fraction of sp³-hybridized carbons (Fsp3) is 0.536. The van der Waals surface area contributed by atoms with Gasteiger partial charge in [-0.3, -0.25) is 4.79 Å². The molecular weight excluding hydrogens is 474 g/mol. The van der Waals surface area contributed by atoms with Crippen LogP contribution in [0.1, 0.15) is 43.7 Å². The van der Waals surface area contributed by atoms with Crippen molar-refractivity contribution < 1.29 is 17.9 Å². The predicted molar refractivity (Wildman–Crippen MR) is 142 cm³/mol. The van der Waals surface area contributed by atoms with Crippen LogP contribution < -0.4 is 4.74 Å². The van der Waals surface area contributed by atoms with Gasteiger partial charge < -0.3 is 14.5 Å². The average molecular weight is 514 g/mol. The number of amides is 1. The topological polar surface area (TPSA) is 70.2 Å². The Morgan fingerprint density at radius 3 is 2.56 bits per heavy atom. The molecule has 0 spiro atoms. The van der Waals surface area contributed by atoms with E-state index in [0.717, 1.165) is 50.9 Å². The number of fused-ring (bicyclic) bond motifs is 1. The van der Waals surface area contributed by atoms with Gasteiger partial charge in [0.25, 0.3) is 0 Å². The molecule has 1 saturated heterocycles. The number of hydrogen-bond acceptors (Lipinski definition) is 5. The third kappa shape index (κ3) is 6.28. The van der Waals surface area contributed by atoms with E-state index in [1.54, 1.807) is 37.4 Å². The van der Waals surface area contributed by atoms with Crippen molar-refractivity contribution in [2.45, 2.75) is 56.4 Å². The molecule has 2 aliphatic rings. The number of ether oxygens (including phenoxy) is 1. The van der Waals surface area contributed by atoms with E-state index in [9.17, 15) is 13.2 Å². The van der Waals surface area contributed by atoms with Crippen molar-refractivity contribution in [3.63, 3.8) is 0 Å². The largest absolute Gasteiger partial charge is 0.497 e. The predicted octanol–water partition coefficient (Wildman–Crippen LogP) is 3.58. The lowest BCUT2D eigenvalue weighted by atomic mass is 9.87. The van der Waals surface area contributed by atoms with Gasteiger partial charge in [-0.05, 0) is 87.0 Å². The molecule has 1 aliphatic carbocycles. The van der Waals surface area contributed by atoms with E-state index in [2.05, 4.69) is 30.0 Å². The number of aryl methyl sites for hydroxylation is 1. The molecule has 1 aliphatic heterocycles. The van der Waals surface area contributed by atoms with Gasteiger partial charge >= 0.3 is 0 Å². The van der Waals surface area contributed by atoms with Gasteiger partial charge in [-0.2, -0.15) is 4.31 Å². The van der Waals surface area contributed by atoms with Crippen molar-refractivity contribution >= 4 is 15.9 Å². The summed E-state index contributed by atoms with van der Waals surface area (Å²) < 4.78 is 32.4. The molecule has 7 nitrogen and oxygen atoms in total. The van der Waals surface area contributed by atoms with Gasteiger partial charge in [0.05, 0.1) is 18.6 Å². The summed E-state index contributed by atoms with van der Waals surface area (Å²) in [7, 11) is -1.91. The molecular formula is C28H39N3O4S. The van der Waals surface area contributed by atoms with Gasteiger partial charge in [-0.1, -0.05) is 31.2 Å². The van der Waals surface area contributed by atoms with Crippen LogP contribution in [0.15, 0.2) is 53.4 Å². The van der Waals surface area contributed by atoms with Gasteiger partial charge in [0.15, 0.2) is 0 Å². The quantitative estimate of drug-likeness (QED) is 0.430.